The summed E-state index contributed by atoms with van der Waals surface area (Å²) in [5, 5.41) is 12.6. The Morgan fingerprint density at radius 2 is 2.33 bits per heavy atom. The number of aliphatic hydroxyl groups excluding tert-OH is 1. The van der Waals surface area contributed by atoms with E-state index >= 15 is 0 Å². The minimum atomic E-state index is -0.780. The van der Waals surface area contributed by atoms with Gasteiger partial charge in [0.05, 0.1) is 0 Å². The van der Waals surface area contributed by atoms with Crippen LogP contribution in [0.2, 0.25) is 0 Å². The third-order valence-electron chi connectivity index (χ3n) is 2.04. The van der Waals surface area contributed by atoms with Crippen LogP contribution >= 0.6 is 11.3 Å². The molecule has 2 aromatic rings. The maximum Gasteiger partial charge on any atom is 0.134 e. The number of rotatable bonds is 2. The molecule has 0 amide bonds. The summed E-state index contributed by atoms with van der Waals surface area (Å²) in [5.41, 5.74) is 7.17. The highest BCUT2D eigenvalue weighted by Crippen LogP contribution is 2.27. The van der Waals surface area contributed by atoms with E-state index < -0.39 is 6.10 Å². The number of aromatic nitrogens is 2. The van der Waals surface area contributed by atoms with Gasteiger partial charge in [-0.15, -0.1) is 11.3 Å². The molecule has 15 heavy (non-hydrogen) atoms. The molecule has 0 saturated heterocycles. The molecule has 5 heteroatoms. The molecule has 2 rings (SSSR count). The van der Waals surface area contributed by atoms with Gasteiger partial charge in [-0.05, 0) is 13.0 Å². The van der Waals surface area contributed by atoms with Crippen molar-refractivity contribution in [2.45, 2.75) is 13.0 Å². The summed E-state index contributed by atoms with van der Waals surface area (Å²) >= 11 is 1.42. The van der Waals surface area contributed by atoms with Crippen molar-refractivity contribution in [3.05, 3.63) is 40.0 Å². The number of pyridine rings is 1. The lowest BCUT2D eigenvalue weighted by Crippen LogP contribution is -2.04. The molecule has 2 heterocycles. The van der Waals surface area contributed by atoms with Crippen LogP contribution < -0.4 is 5.73 Å². The Labute approximate surface area is 91.4 Å². The Morgan fingerprint density at radius 1 is 1.53 bits per heavy atom. The third kappa shape index (κ3) is 1.98. The van der Waals surface area contributed by atoms with Gasteiger partial charge in [0.15, 0.2) is 0 Å². The zero-order valence-corrected chi connectivity index (χ0v) is 9.03. The van der Waals surface area contributed by atoms with E-state index in [1.807, 2.05) is 12.3 Å². The van der Waals surface area contributed by atoms with Crippen LogP contribution in [0.5, 0.6) is 0 Å². The summed E-state index contributed by atoms with van der Waals surface area (Å²) in [5.74, 6) is 0.345. The van der Waals surface area contributed by atoms with Crippen molar-refractivity contribution in [1.29, 1.82) is 0 Å². The zero-order chi connectivity index (χ0) is 10.8. The van der Waals surface area contributed by atoms with Gasteiger partial charge in [0.25, 0.3) is 0 Å². The number of hydrogen-bond acceptors (Lipinski definition) is 5. The van der Waals surface area contributed by atoms with Crippen LogP contribution in [-0.2, 0) is 0 Å². The van der Waals surface area contributed by atoms with Crippen molar-refractivity contribution < 1.29 is 5.11 Å². The molecule has 0 aromatic carbocycles. The van der Waals surface area contributed by atoms with Gasteiger partial charge in [-0.3, -0.25) is 0 Å². The summed E-state index contributed by atoms with van der Waals surface area (Å²) in [7, 11) is 0. The first-order valence-electron chi connectivity index (χ1n) is 4.49. The molecular weight excluding hydrogens is 210 g/mol. The quantitative estimate of drug-likeness (QED) is 0.806. The van der Waals surface area contributed by atoms with Gasteiger partial charge in [0.1, 0.15) is 16.9 Å². The number of nitrogens with two attached hydrogens (primary N) is 1. The van der Waals surface area contributed by atoms with Crippen LogP contribution in [0.1, 0.15) is 22.4 Å². The number of thiazole rings is 1. The monoisotopic (exact) mass is 221 g/mol. The highest BCUT2D eigenvalue weighted by molar-refractivity contribution is 7.09. The van der Waals surface area contributed by atoms with Crippen molar-refractivity contribution in [1.82, 2.24) is 9.97 Å². The predicted molar refractivity (Wildman–Crippen MR) is 59.6 cm³/mol. The smallest absolute Gasteiger partial charge is 0.134 e. The molecule has 3 N–H and O–H groups in total. The van der Waals surface area contributed by atoms with Gasteiger partial charge >= 0.3 is 0 Å². The number of aryl methyl sites for hydroxylation is 1. The molecule has 0 radical (unpaired) electrons. The van der Waals surface area contributed by atoms with Crippen molar-refractivity contribution in [3.63, 3.8) is 0 Å². The molecular formula is C10H11N3OS. The summed E-state index contributed by atoms with van der Waals surface area (Å²) in [4.78, 5) is 8.14. The first kappa shape index (κ1) is 10.1. The Morgan fingerprint density at radius 3 is 2.93 bits per heavy atom. The molecule has 0 saturated carbocycles. The van der Waals surface area contributed by atoms with E-state index in [0.717, 1.165) is 5.69 Å². The Kier molecular flexibility index (Phi) is 2.66. The zero-order valence-electron chi connectivity index (χ0n) is 8.21. The molecule has 2 aromatic heterocycles. The number of nitrogens with zero attached hydrogens (tertiary/aromatic N) is 2. The number of hydrogen-bond donors (Lipinski definition) is 2. The van der Waals surface area contributed by atoms with Crippen LogP contribution in [0.4, 0.5) is 5.82 Å². The van der Waals surface area contributed by atoms with Crippen LogP contribution in [-0.4, -0.2) is 15.1 Å². The summed E-state index contributed by atoms with van der Waals surface area (Å²) < 4.78 is 0. The molecule has 78 valence electrons. The van der Waals surface area contributed by atoms with E-state index in [-0.39, 0.29) is 0 Å². The molecule has 0 aliphatic carbocycles. The lowest BCUT2D eigenvalue weighted by atomic mass is 10.1. The SMILES string of the molecule is Cc1csc(C(O)c2cccnc2N)n1. The molecule has 1 atom stereocenters. The maximum atomic E-state index is 10.0. The van der Waals surface area contributed by atoms with Crippen LogP contribution in [0, 0.1) is 6.92 Å². The van der Waals surface area contributed by atoms with Crippen LogP contribution in [0.3, 0.4) is 0 Å². The second-order valence-corrected chi connectivity index (χ2v) is 4.10. The largest absolute Gasteiger partial charge is 0.383 e. The van der Waals surface area contributed by atoms with Crippen molar-refractivity contribution in [3.8, 4) is 0 Å². The van der Waals surface area contributed by atoms with Crippen molar-refractivity contribution >= 4 is 17.2 Å². The van der Waals surface area contributed by atoms with Gasteiger partial charge in [0, 0.05) is 22.8 Å². The van der Waals surface area contributed by atoms with E-state index in [4.69, 9.17) is 5.73 Å². The van der Waals surface area contributed by atoms with Crippen LogP contribution in [0.25, 0.3) is 0 Å². The van der Waals surface area contributed by atoms with E-state index in [2.05, 4.69) is 9.97 Å². The molecule has 0 fully saturated rings. The van der Waals surface area contributed by atoms with E-state index in [1.165, 1.54) is 11.3 Å². The van der Waals surface area contributed by atoms with Gasteiger partial charge in [0.2, 0.25) is 0 Å². The molecule has 0 bridgehead atoms. The maximum absolute atomic E-state index is 10.0. The lowest BCUT2D eigenvalue weighted by molar-refractivity contribution is 0.220. The number of nitrogen functional groups attached to an aromatic ring is 1. The number of aliphatic hydroxyl groups is 1. The molecule has 1 unspecified atom stereocenters. The fourth-order valence-corrected chi connectivity index (χ4v) is 2.09. The Bertz CT molecular complexity index is 469. The Hall–Kier alpha value is -1.46. The van der Waals surface area contributed by atoms with E-state index in [0.29, 0.717) is 16.4 Å². The Balaban J connectivity index is 2.36. The highest BCUT2D eigenvalue weighted by Gasteiger charge is 2.16. The van der Waals surface area contributed by atoms with Crippen molar-refractivity contribution in [2.75, 3.05) is 5.73 Å². The second kappa shape index (κ2) is 3.96. The standard InChI is InChI=1S/C10H11N3OS/c1-6-5-15-10(13-6)8(14)7-3-2-4-12-9(7)11/h2-5,8,14H,1H3,(H2,11,12). The summed E-state index contributed by atoms with van der Waals surface area (Å²) in [6, 6.07) is 3.50. The average molecular weight is 221 g/mol. The first-order chi connectivity index (χ1) is 7.18. The predicted octanol–water partition coefficient (Wildman–Crippen LogP) is 1.51. The summed E-state index contributed by atoms with van der Waals surface area (Å²) in [6.45, 7) is 1.89. The topological polar surface area (TPSA) is 72.0 Å². The normalized spacial score (nSPS) is 12.7. The minimum Gasteiger partial charge on any atom is -0.383 e. The first-order valence-corrected chi connectivity index (χ1v) is 5.37. The third-order valence-corrected chi connectivity index (χ3v) is 3.05. The van der Waals surface area contributed by atoms with Crippen LogP contribution in [0.15, 0.2) is 23.7 Å². The number of anilines is 1. The average Bonchev–Trinajstić information content (AvgIpc) is 2.65. The van der Waals surface area contributed by atoms with Gasteiger partial charge in [-0.25, -0.2) is 9.97 Å². The molecule has 0 aliphatic heterocycles. The van der Waals surface area contributed by atoms with Gasteiger partial charge in [-0.1, -0.05) is 6.07 Å². The van der Waals surface area contributed by atoms with E-state index in [1.54, 1.807) is 18.3 Å². The minimum absolute atomic E-state index is 0.345. The molecule has 4 nitrogen and oxygen atoms in total. The van der Waals surface area contributed by atoms with Gasteiger partial charge < -0.3 is 10.8 Å². The molecule has 0 aliphatic rings. The van der Waals surface area contributed by atoms with Gasteiger partial charge in [-0.2, -0.15) is 0 Å². The lowest BCUT2D eigenvalue weighted by Gasteiger charge is -2.09. The fraction of sp³-hybridized carbons (Fsp3) is 0.200. The summed E-state index contributed by atoms with van der Waals surface area (Å²) in [6.07, 6.45) is 0.816. The second-order valence-electron chi connectivity index (χ2n) is 3.21. The molecule has 0 spiro atoms. The fourth-order valence-electron chi connectivity index (χ4n) is 1.29. The van der Waals surface area contributed by atoms with E-state index in [9.17, 15) is 5.11 Å². The highest BCUT2D eigenvalue weighted by atomic mass is 32.1. The van der Waals surface area contributed by atoms with Crippen molar-refractivity contribution in [2.24, 2.45) is 0 Å².